The van der Waals surface area contributed by atoms with Crippen LogP contribution in [-0.4, -0.2) is 11.1 Å². The highest BCUT2D eigenvalue weighted by Crippen LogP contribution is 2.23. The van der Waals surface area contributed by atoms with Crippen molar-refractivity contribution in [2.45, 2.75) is 33.1 Å². The Hall–Kier alpha value is -1.57. The molecule has 0 aliphatic carbocycles. The van der Waals surface area contributed by atoms with E-state index in [1.807, 2.05) is 12.1 Å². The molecule has 2 heteroatoms. The number of carbonyl (C=O) groups is 1. The minimum atomic E-state index is -0.913. The second-order valence-corrected chi connectivity index (χ2v) is 4.10. The van der Waals surface area contributed by atoms with Crippen LogP contribution in [-0.2, 0) is 4.79 Å². The lowest BCUT2D eigenvalue weighted by molar-refractivity contribution is -0.131. The monoisotopic (exact) mass is 218 g/mol. The fourth-order valence-corrected chi connectivity index (χ4v) is 1.74. The molecule has 1 N–H and O–H groups in total. The zero-order valence-corrected chi connectivity index (χ0v) is 10.0. The first-order valence-electron chi connectivity index (χ1n) is 5.56. The molecule has 0 radical (unpaired) electrons. The third-order valence-electron chi connectivity index (χ3n) is 2.86. The summed E-state index contributed by atoms with van der Waals surface area (Å²) in [6, 6.07) is 6.08. The largest absolute Gasteiger partial charge is 0.478 e. The van der Waals surface area contributed by atoms with E-state index in [0.29, 0.717) is 5.92 Å². The average molecular weight is 218 g/mol. The van der Waals surface area contributed by atoms with Gasteiger partial charge in [-0.25, -0.2) is 4.79 Å². The van der Waals surface area contributed by atoms with Crippen molar-refractivity contribution in [3.63, 3.8) is 0 Å². The van der Waals surface area contributed by atoms with E-state index in [2.05, 4.69) is 26.8 Å². The van der Waals surface area contributed by atoms with Crippen LogP contribution in [0.1, 0.15) is 42.9 Å². The molecule has 0 heterocycles. The van der Waals surface area contributed by atoms with Crippen LogP contribution in [0.15, 0.2) is 24.3 Å². The molecule has 1 aromatic rings. The summed E-state index contributed by atoms with van der Waals surface area (Å²) >= 11 is 0. The van der Waals surface area contributed by atoms with Gasteiger partial charge in [-0.1, -0.05) is 32.0 Å². The molecule has 0 aromatic heterocycles. The van der Waals surface area contributed by atoms with Gasteiger partial charge in [-0.15, -0.1) is 0 Å². The topological polar surface area (TPSA) is 37.3 Å². The predicted octanol–water partition coefficient (Wildman–Crippen LogP) is 3.61. The summed E-state index contributed by atoms with van der Waals surface area (Å²) in [5.41, 5.74) is 3.50. The van der Waals surface area contributed by atoms with Crippen molar-refractivity contribution >= 4 is 12.0 Å². The second kappa shape index (κ2) is 5.50. The molecule has 0 spiro atoms. The van der Waals surface area contributed by atoms with Crippen molar-refractivity contribution in [3.8, 4) is 0 Å². The predicted molar refractivity (Wildman–Crippen MR) is 66.6 cm³/mol. The molecule has 1 atom stereocenters. The fourth-order valence-electron chi connectivity index (χ4n) is 1.74. The second-order valence-electron chi connectivity index (χ2n) is 4.10. The van der Waals surface area contributed by atoms with Crippen LogP contribution >= 0.6 is 0 Å². The number of hydrogen-bond donors (Lipinski definition) is 1. The molecule has 1 aromatic carbocycles. The number of rotatable bonds is 4. The molecule has 0 saturated heterocycles. The highest BCUT2D eigenvalue weighted by Gasteiger charge is 2.05. The number of hydrogen-bond acceptors (Lipinski definition) is 1. The summed E-state index contributed by atoms with van der Waals surface area (Å²) in [5.74, 6) is -0.360. The quantitative estimate of drug-likeness (QED) is 0.784. The summed E-state index contributed by atoms with van der Waals surface area (Å²) in [4.78, 5) is 10.4. The van der Waals surface area contributed by atoms with E-state index in [1.54, 1.807) is 6.08 Å². The smallest absolute Gasteiger partial charge is 0.328 e. The van der Waals surface area contributed by atoms with E-state index in [-0.39, 0.29) is 0 Å². The number of benzene rings is 1. The third kappa shape index (κ3) is 3.23. The first-order chi connectivity index (χ1) is 7.54. The Morgan fingerprint density at radius 3 is 2.69 bits per heavy atom. The molecule has 1 unspecified atom stereocenters. The van der Waals surface area contributed by atoms with Gasteiger partial charge in [0, 0.05) is 6.08 Å². The van der Waals surface area contributed by atoms with E-state index in [0.717, 1.165) is 18.1 Å². The molecule has 2 nitrogen and oxygen atoms in total. The Morgan fingerprint density at radius 1 is 1.50 bits per heavy atom. The van der Waals surface area contributed by atoms with Crippen molar-refractivity contribution < 1.29 is 9.90 Å². The SMILES string of the molecule is CCC(C)c1ccc(/C=C/C(=O)O)cc1C. The lowest BCUT2D eigenvalue weighted by atomic mass is 9.93. The Kier molecular flexibility index (Phi) is 4.29. The van der Waals surface area contributed by atoms with Gasteiger partial charge >= 0.3 is 5.97 Å². The van der Waals surface area contributed by atoms with Gasteiger partial charge in [0.15, 0.2) is 0 Å². The summed E-state index contributed by atoms with van der Waals surface area (Å²) in [7, 11) is 0. The molecule has 0 aliphatic rings. The van der Waals surface area contributed by atoms with Gasteiger partial charge in [-0.3, -0.25) is 0 Å². The minimum absolute atomic E-state index is 0.553. The molecule has 0 saturated carbocycles. The van der Waals surface area contributed by atoms with Crippen molar-refractivity contribution in [2.75, 3.05) is 0 Å². The third-order valence-corrected chi connectivity index (χ3v) is 2.86. The van der Waals surface area contributed by atoms with Crippen molar-refractivity contribution in [1.82, 2.24) is 0 Å². The summed E-state index contributed by atoms with van der Waals surface area (Å²) in [5, 5.41) is 8.54. The van der Waals surface area contributed by atoms with Crippen LogP contribution < -0.4 is 0 Å². The molecule has 0 amide bonds. The van der Waals surface area contributed by atoms with Crippen molar-refractivity contribution in [3.05, 3.63) is 41.0 Å². The van der Waals surface area contributed by atoms with E-state index >= 15 is 0 Å². The molecule has 86 valence electrons. The van der Waals surface area contributed by atoms with Crippen LogP contribution in [0, 0.1) is 6.92 Å². The van der Waals surface area contributed by atoms with E-state index < -0.39 is 5.97 Å². The van der Waals surface area contributed by atoms with Crippen LogP contribution in [0.4, 0.5) is 0 Å². The zero-order chi connectivity index (χ0) is 12.1. The fraction of sp³-hybridized carbons (Fsp3) is 0.357. The van der Waals surface area contributed by atoms with Crippen LogP contribution in [0.25, 0.3) is 6.08 Å². The van der Waals surface area contributed by atoms with Crippen molar-refractivity contribution in [2.24, 2.45) is 0 Å². The van der Waals surface area contributed by atoms with Crippen LogP contribution in [0.5, 0.6) is 0 Å². The first-order valence-corrected chi connectivity index (χ1v) is 5.56. The first kappa shape index (κ1) is 12.5. The van der Waals surface area contributed by atoms with Crippen LogP contribution in [0.3, 0.4) is 0 Å². The van der Waals surface area contributed by atoms with Gasteiger partial charge < -0.3 is 5.11 Å². The highest BCUT2D eigenvalue weighted by molar-refractivity contribution is 5.85. The van der Waals surface area contributed by atoms with Gasteiger partial charge in [0.05, 0.1) is 0 Å². The average Bonchev–Trinajstić information content (AvgIpc) is 2.25. The minimum Gasteiger partial charge on any atom is -0.478 e. The Morgan fingerprint density at radius 2 is 2.19 bits per heavy atom. The maximum Gasteiger partial charge on any atom is 0.328 e. The standard InChI is InChI=1S/C14H18O2/c1-4-10(2)13-7-5-12(9-11(13)3)6-8-14(15)16/h5-10H,4H2,1-3H3,(H,15,16)/b8-6+. The molecule has 0 bridgehead atoms. The van der Waals surface area contributed by atoms with Gasteiger partial charge in [0.1, 0.15) is 0 Å². The Balaban J connectivity index is 2.95. The van der Waals surface area contributed by atoms with Gasteiger partial charge in [0.25, 0.3) is 0 Å². The Bertz CT molecular complexity index is 405. The van der Waals surface area contributed by atoms with Gasteiger partial charge in [-0.2, -0.15) is 0 Å². The molecule has 0 fully saturated rings. The highest BCUT2D eigenvalue weighted by atomic mass is 16.4. The van der Waals surface area contributed by atoms with Gasteiger partial charge in [0.2, 0.25) is 0 Å². The normalized spacial score (nSPS) is 12.9. The summed E-state index contributed by atoms with van der Waals surface area (Å²) in [6.45, 7) is 6.44. The lowest BCUT2D eigenvalue weighted by Gasteiger charge is -2.12. The molecular formula is C14H18O2. The number of aliphatic carboxylic acids is 1. The Labute approximate surface area is 96.6 Å². The summed E-state index contributed by atoms with van der Waals surface area (Å²) < 4.78 is 0. The summed E-state index contributed by atoms with van der Waals surface area (Å²) in [6.07, 6.45) is 3.90. The molecular weight excluding hydrogens is 200 g/mol. The molecule has 1 rings (SSSR count). The lowest BCUT2D eigenvalue weighted by Crippen LogP contribution is -1.95. The number of carboxylic acid groups (broad SMARTS) is 1. The maximum atomic E-state index is 10.4. The molecule has 16 heavy (non-hydrogen) atoms. The van der Waals surface area contributed by atoms with Crippen LogP contribution in [0.2, 0.25) is 0 Å². The van der Waals surface area contributed by atoms with E-state index in [4.69, 9.17) is 5.11 Å². The zero-order valence-electron chi connectivity index (χ0n) is 10.0. The van der Waals surface area contributed by atoms with E-state index in [9.17, 15) is 4.79 Å². The van der Waals surface area contributed by atoms with Gasteiger partial charge in [-0.05, 0) is 42.0 Å². The molecule has 0 aliphatic heterocycles. The number of aryl methyl sites for hydroxylation is 1. The van der Waals surface area contributed by atoms with Crippen molar-refractivity contribution in [1.29, 1.82) is 0 Å². The van der Waals surface area contributed by atoms with E-state index in [1.165, 1.54) is 11.1 Å². The number of carboxylic acids is 1. The maximum absolute atomic E-state index is 10.4.